The molecule has 0 aromatic carbocycles. The minimum Gasteiger partial charge on any atom is -0.432 e. The van der Waals surface area contributed by atoms with E-state index in [9.17, 15) is 0 Å². The summed E-state index contributed by atoms with van der Waals surface area (Å²) in [6.07, 6.45) is 8.89. The molecule has 1 heterocycles. The van der Waals surface area contributed by atoms with Crippen LogP contribution in [0.5, 0.6) is 0 Å². The molecule has 0 unspecified atom stereocenters. The van der Waals surface area contributed by atoms with Crippen LogP contribution >= 0.6 is 0 Å². The predicted octanol–water partition coefficient (Wildman–Crippen LogP) is 2.39. The summed E-state index contributed by atoms with van der Waals surface area (Å²) in [6, 6.07) is 1.40. The molecule has 0 amide bonds. The van der Waals surface area contributed by atoms with Crippen LogP contribution in [0.4, 0.5) is 6.01 Å². The number of hydrogen-bond acceptors (Lipinski definition) is 4. The summed E-state index contributed by atoms with van der Waals surface area (Å²) in [5.74, 6) is 3.73. The number of oxazole rings is 1. The van der Waals surface area contributed by atoms with Gasteiger partial charge in [-0.05, 0) is 55.8 Å². The van der Waals surface area contributed by atoms with Crippen molar-refractivity contribution in [1.82, 2.24) is 4.98 Å². The lowest BCUT2D eigenvalue weighted by Crippen LogP contribution is -2.55. The molecule has 104 valence electrons. The molecule has 4 nitrogen and oxygen atoms in total. The van der Waals surface area contributed by atoms with Crippen LogP contribution in [0.2, 0.25) is 0 Å². The van der Waals surface area contributed by atoms with Crippen LogP contribution in [-0.4, -0.2) is 18.1 Å². The molecule has 0 spiro atoms. The minimum atomic E-state index is 0.457. The third-order valence-corrected chi connectivity index (χ3v) is 5.67. The van der Waals surface area contributed by atoms with Crippen LogP contribution < -0.4 is 10.6 Å². The van der Waals surface area contributed by atoms with Gasteiger partial charge in [0.15, 0.2) is 0 Å². The summed E-state index contributed by atoms with van der Waals surface area (Å²) in [5, 5.41) is 0. The van der Waals surface area contributed by atoms with Crippen molar-refractivity contribution in [3.05, 3.63) is 12.0 Å². The molecule has 4 heteroatoms. The Bertz CT molecular complexity index is 442. The molecule has 1 aromatic heterocycles. The van der Waals surface area contributed by atoms with Crippen LogP contribution in [0.25, 0.3) is 0 Å². The summed E-state index contributed by atoms with van der Waals surface area (Å²) < 4.78 is 5.61. The topological polar surface area (TPSA) is 55.3 Å². The van der Waals surface area contributed by atoms with Gasteiger partial charge in [0.1, 0.15) is 6.26 Å². The van der Waals surface area contributed by atoms with E-state index < -0.39 is 0 Å². The van der Waals surface area contributed by atoms with Gasteiger partial charge in [0.05, 0.1) is 5.69 Å². The fraction of sp³-hybridized carbons (Fsp3) is 0.800. The van der Waals surface area contributed by atoms with Gasteiger partial charge in [-0.2, -0.15) is 4.98 Å². The van der Waals surface area contributed by atoms with Crippen LogP contribution in [0.3, 0.4) is 0 Å². The van der Waals surface area contributed by atoms with Crippen LogP contribution in [-0.2, 0) is 6.54 Å². The Morgan fingerprint density at radius 1 is 1.21 bits per heavy atom. The second-order valence-corrected chi connectivity index (χ2v) is 6.86. The van der Waals surface area contributed by atoms with E-state index in [0.717, 1.165) is 35.4 Å². The largest absolute Gasteiger partial charge is 0.432 e. The first kappa shape index (κ1) is 11.8. The molecule has 0 radical (unpaired) electrons. The van der Waals surface area contributed by atoms with E-state index >= 15 is 0 Å². The van der Waals surface area contributed by atoms with Crippen molar-refractivity contribution in [1.29, 1.82) is 0 Å². The number of anilines is 1. The molecule has 0 atom stereocenters. The Balaban J connectivity index is 1.58. The molecule has 0 aliphatic heterocycles. The fourth-order valence-corrected chi connectivity index (χ4v) is 5.21. The first-order valence-corrected chi connectivity index (χ1v) is 7.62. The van der Waals surface area contributed by atoms with E-state index in [1.165, 1.54) is 32.1 Å². The standard InChI is InChI=1S/C15H23N3O/c1-18(15-17-13(7-16)8-19-15)14-11-3-9-2-10(5-11)6-12(14)4-9/h8-12,14H,2-7,16H2,1H3. The number of nitrogens with zero attached hydrogens (tertiary/aromatic N) is 2. The summed E-state index contributed by atoms with van der Waals surface area (Å²) in [6.45, 7) is 0.457. The zero-order valence-electron chi connectivity index (χ0n) is 11.6. The molecule has 0 saturated heterocycles. The zero-order valence-corrected chi connectivity index (χ0v) is 11.6. The number of nitrogens with two attached hydrogens (primary N) is 1. The minimum absolute atomic E-state index is 0.457. The molecule has 4 aliphatic rings. The van der Waals surface area contributed by atoms with Crippen molar-refractivity contribution in [3.63, 3.8) is 0 Å². The lowest BCUT2D eigenvalue weighted by molar-refractivity contribution is -0.00247. The summed E-state index contributed by atoms with van der Waals surface area (Å²) >= 11 is 0. The molecule has 1 aromatic rings. The van der Waals surface area contributed by atoms with Gasteiger partial charge in [0.25, 0.3) is 6.01 Å². The summed E-state index contributed by atoms with van der Waals surface area (Å²) in [7, 11) is 2.15. The molecular weight excluding hydrogens is 238 g/mol. The molecule has 4 saturated carbocycles. The maximum Gasteiger partial charge on any atom is 0.297 e. The maximum atomic E-state index is 5.62. The smallest absolute Gasteiger partial charge is 0.297 e. The van der Waals surface area contributed by atoms with E-state index in [0.29, 0.717) is 12.6 Å². The van der Waals surface area contributed by atoms with E-state index in [1.807, 2.05) is 0 Å². The normalized spacial score (nSPS) is 39.8. The van der Waals surface area contributed by atoms with E-state index in [1.54, 1.807) is 6.26 Å². The Labute approximate surface area is 114 Å². The Hall–Kier alpha value is -1.03. The summed E-state index contributed by atoms with van der Waals surface area (Å²) in [4.78, 5) is 6.79. The van der Waals surface area contributed by atoms with E-state index in [4.69, 9.17) is 10.2 Å². The monoisotopic (exact) mass is 261 g/mol. The SMILES string of the molecule is CN(c1nc(CN)co1)C1C2CC3CC(C2)CC1C3. The molecule has 4 bridgehead atoms. The highest BCUT2D eigenvalue weighted by Gasteiger charge is 2.50. The second-order valence-electron chi connectivity index (χ2n) is 6.86. The van der Waals surface area contributed by atoms with Gasteiger partial charge in [-0.15, -0.1) is 0 Å². The third-order valence-electron chi connectivity index (χ3n) is 5.67. The van der Waals surface area contributed by atoms with E-state index in [2.05, 4.69) is 16.9 Å². The quantitative estimate of drug-likeness (QED) is 0.907. The zero-order chi connectivity index (χ0) is 13.0. The predicted molar refractivity (Wildman–Crippen MR) is 73.6 cm³/mol. The molecule has 4 aliphatic carbocycles. The highest BCUT2D eigenvalue weighted by Crippen LogP contribution is 2.55. The molecular formula is C15H23N3O. The first-order valence-electron chi connectivity index (χ1n) is 7.62. The third kappa shape index (κ3) is 1.80. The van der Waals surface area contributed by atoms with Crippen LogP contribution in [0.1, 0.15) is 37.8 Å². The van der Waals surface area contributed by atoms with Crippen molar-refractivity contribution in [3.8, 4) is 0 Å². The van der Waals surface area contributed by atoms with E-state index in [-0.39, 0.29) is 0 Å². The Morgan fingerprint density at radius 3 is 2.37 bits per heavy atom. The van der Waals surface area contributed by atoms with Gasteiger partial charge in [-0.1, -0.05) is 0 Å². The van der Waals surface area contributed by atoms with Gasteiger partial charge in [-0.3, -0.25) is 0 Å². The van der Waals surface area contributed by atoms with Crippen molar-refractivity contribution in [2.75, 3.05) is 11.9 Å². The molecule has 5 rings (SSSR count). The first-order chi connectivity index (χ1) is 9.24. The number of aromatic nitrogens is 1. The van der Waals surface area contributed by atoms with Gasteiger partial charge in [-0.25, -0.2) is 0 Å². The number of rotatable bonds is 3. The van der Waals surface area contributed by atoms with Gasteiger partial charge >= 0.3 is 0 Å². The average Bonchev–Trinajstić information content (AvgIpc) is 2.86. The lowest BCUT2D eigenvalue weighted by atomic mass is 9.54. The van der Waals surface area contributed by atoms with Crippen molar-refractivity contribution < 1.29 is 4.42 Å². The second kappa shape index (κ2) is 4.23. The fourth-order valence-electron chi connectivity index (χ4n) is 5.21. The summed E-state index contributed by atoms with van der Waals surface area (Å²) in [5.41, 5.74) is 6.47. The number of hydrogen-bond donors (Lipinski definition) is 1. The van der Waals surface area contributed by atoms with Gasteiger partial charge in [0.2, 0.25) is 0 Å². The molecule has 4 fully saturated rings. The van der Waals surface area contributed by atoms with Crippen LogP contribution in [0.15, 0.2) is 10.7 Å². The van der Waals surface area contributed by atoms with Crippen molar-refractivity contribution in [2.24, 2.45) is 29.4 Å². The Morgan fingerprint density at radius 2 is 1.84 bits per heavy atom. The maximum absolute atomic E-state index is 5.62. The highest BCUT2D eigenvalue weighted by molar-refractivity contribution is 5.30. The van der Waals surface area contributed by atoms with Gasteiger partial charge in [0, 0.05) is 19.6 Å². The van der Waals surface area contributed by atoms with Crippen molar-refractivity contribution in [2.45, 2.75) is 44.7 Å². The van der Waals surface area contributed by atoms with Crippen molar-refractivity contribution >= 4 is 6.01 Å². The molecule has 2 N–H and O–H groups in total. The van der Waals surface area contributed by atoms with Gasteiger partial charge < -0.3 is 15.1 Å². The Kier molecular flexibility index (Phi) is 2.62. The van der Waals surface area contributed by atoms with Crippen LogP contribution in [0, 0.1) is 23.7 Å². The molecule has 19 heavy (non-hydrogen) atoms. The average molecular weight is 261 g/mol. The lowest BCUT2D eigenvalue weighted by Gasteiger charge is -2.56. The highest BCUT2D eigenvalue weighted by atomic mass is 16.4.